The van der Waals surface area contributed by atoms with E-state index in [0.29, 0.717) is 44.3 Å². The third kappa shape index (κ3) is 8.81. The molecule has 3 amide bonds. The number of benzene rings is 2. The number of nitrogens with zero attached hydrogens (tertiary/aromatic N) is 6. The predicted molar refractivity (Wildman–Crippen MR) is 171 cm³/mol. The van der Waals surface area contributed by atoms with Crippen molar-refractivity contribution in [1.82, 2.24) is 30.4 Å². The highest BCUT2D eigenvalue weighted by Crippen LogP contribution is 2.29. The number of carbonyl (C=O) groups excluding carboxylic acids is 3. The van der Waals surface area contributed by atoms with E-state index in [1.807, 2.05) is 70.0 Å². The van der Waals surface area contributed by atoms with Crippen LogP contribution in [0.3, 0.4) is 0 Å². The molecule has 2 heterocycles. The first-order valence-electron chi connectivity index (χ1n) is 15.4. The number of amides is 3. The number of hydrogen-bond acceptors (Lipinski definition) is 9. The lowest BCUT2D eigenvalue weighted by Crippen LogP contribution is -2.48. The van der Waals surface area contributed by atoms with Crippen molar-refractivity contribution in [3.05, 3.63) is 65.0 Å². The van der Waals surface area contributed by atoms with Crippen LogP contribution >= 0.6 is 0 Å². The number of fused-ring (bicyclic) bond motifs is 1. The highest BCUT2D eigenvalue weighted by atomic mass is 16.6. The van der Waals surface area contributed by atoms with E-state index in [2.05, 4.69) is 27.6 Å². The third-order valence-electron chi connectivity index (χ3n) is 7.60. The maximum Gasteiger partial charge on any atom is 0.410 e. The molecular formula is C33H45N7O5. The first-order chi connectivity index (χ1) is 21.4. The zero-order chi connectivity index (χ0) is 32.7. The largest absolute Gasteiger partial charge is 0.444 e. The SMILES string of the molecule is CCc1ccc(-c2noc(C)n2)cc1N(CC(=O)NCCN(CC)C(=O)OC(C)(C)C)CC(=O)N(C)N1Cc2ccccc2C1. The molecule has 0 fully saturated rings. The molecule has 0 saturated heterocycles. The van der Waals surface area contributed by atoms with Gasteiger partial charge in [-0.15, -0.1) is 0 Å². The molecule has 1 aromatic heterocycles. The van der Waals surface area contributed by atoms with Crippen LogP contribution < -0.4 is 10.2 Å². The van der Waals surface area contributed by atoms with E-state index in [1.54, 1.807) is 28.8 Å². The summed E-state index contributed by atoms with van der Waals surface area (Å²) in [5, 5.41) is 10.6. The van der Waals surface area contributed by atoms with Crippen LogP contribution in [0.1, 0.15) is 57.2 Å². The Morgan fingerprint density at radius 3 is 2.31 bits per heavy atom. The van der Waals surface area contributed by atoms with Crippen molar-refractivity contribution in [1.29, 1.82) is 0 Å². The van der Waals surface area contributed by atoms with Gasteiger partial charge >= 0.3 is 6.09 Å². The molecule has 0 saturated carbocycles. The lowest BCUT2D eigenvalue weighted by Gasteiger charge is -2.32. The van der Waals surface area contributed by atoms with Gasteiger partial charge in [-0.1, -0.05) is 48.5 Å². The molecule has 1 aliphatic rings. The molecule has 12 nitrogen and oxygen atoms in total. The second kappa shape index (κ2) is 14.6. The summed E-state index contributed by atoms with van der Waals surface area (Å²) >= 11 is 0. The Kier molecular flexibility index (Phi) is 10.8. The summed E-state index contributed by atoms with van der Waals surface area (Å²) in [7, 11) is 1.77. The molecule has 1 aliphatic heterocycles. The van der Waals surface area contributed by atoms with Gasteiger partial charge in [0.2, 0.25) is 17.6 Å². The zero-order valence-electron chi connectivity index (χ0n) is 27.4. The second-order valence-electron chi connectivity index (χ2n) is 12.1. The molecule has 4 rings (SSSR count). The topological polar surface area (TPSA) is 124 Å². The second-order valence-corrected chi connectivity index (χ2v) is 12.1. The smallest absolute Gasteiger partial charge is 0.410 e. The molecule has 1 N–H and O–H groups in total. The number of anilines is 1. The van der Waals surface area contributed by atoms with Crippen molar-refractivity contribution >= 4 is 23.6 Å². The van der Waals surface area contributed by atoms with Gasteiger partial charge in [0, 0.05) is 57.9 Å². The van der Waals surface area contributed by atoms with E-state index in [4.69, 9.17) is 9.26 Å². The molecule has 2 aromatic carbocycles. The molecule has 242 valence electrons. The average molecular weight is 620 g/mol. The number of ether oxygens (including phenoxy) is 1. The van der Waals surface area contributed by atoms with Crippen LogP contribution in [0.15, 0.2) is 47.0 Å². The van der Waals surface area contributed by atoms with E-state index >= 15 is 0 Å². The van der Waals surface area contributed by atoms with E-state index < -0.39 is 11.7 Å². The van der Waals surface area contributed by atoms with Gasteiger partial charge < -0.3 is 24.4 Å². The Morgan fingerprint density at radius 2 is 1.73 bits per heavy atom. The fourth-order valence-electron chi connectivity index (χ4n) is 5.15. The number of carbonyl (C=O) groups is 3. The standard InChI is InChI=1S/C33H45N7O5/c1-8-24-14-15-25(31-35-23(3)45-36-31)18-28(24)39(21-29(41)34-16-17-38(9-2)32(43)44-33(4,5)6)22-30(42)37(7)40-19-26-12-10-11-13-27(26)20-40/h10-15,18H,8-9,16-17,19-22H2,1-7H3,(H,34,41). The summed E-state index contributed by atoms with van der Waals surface area (Å²) in [6, 6.07) is 13.9. The minimum atomic E-state index is -0.614. The minimum Gasteiger partial charge on any atom is -0.444 e. The fourth-order valence-corrected chi connectivity index (χ4v) is 5.15. The molecular weight excluding hydrogens is 574 g/mol. The molecule has 45 heavy (non-hydrogen) atoms. The normalized spacial score (nSPS) is 12.9. The Balaban J connectivity index is 1.51. The molecule has 0 spiro atoms. The van der Waals surface area contributed by atoms with Crippen LogP contribution in [-0.4, -0.2) is 88.3 Å². The zero-order valence-corrected chi connectivity index (χ0v) is 27.4. The quantitative estimate of drug-likeness (QED) is 0.318. The third-order valence-corrected chi connectivity index (χ3v) is 7.60. The van der Waals surface area contributed by atoms with Crippen LogP contribution in [0, 0.1) is 6.92 Å². The number of aryl methyl sites for hydroxylation is 2. The number of rotatable bonds is 12. The molecule has 0 unspecified atom stereocenters. The lowest BCUT2D eigenvalue weighted by molar-refractivity contribution is -0.145. The molecule has 12 heteroatoms. The summed E-state index contributed by atoms with van der Waals surface area (Å²) in [5.74, 6) is 0.446. The summed E-state index contributed by atoms with van der Waals surface area (Å²) in [5.41, 5.74) is 4.20. The number of hydrogen-bond donors (Lipinski definition) is 1. The molecule has 0 radical (unpaired) electrons. The molecule has 0 atom stereocenters. The summed E-state index contributed by atoms with van der Waals surface area (Å²) in [6.07, 6.45) is 0.255. The van der Waals surface area contributed by atoms with Gasteiger partial charge in [-0.3, -0.25) is 14.6 Å². The predicted octanol–water partition coefficient (Wildman–Crippen LogP) is 4.18. The Bertz CT molecular complexity index is 1470. The maximum absolute atomic E-state index is 13.7. The van der Waals surface area contributed by atoms with Gasteiger partial charge in [0.15, 0.2) is 0 Å². The van der Waals surface area contributed by atoms with Gasteiger partial charge in [0.1, 0.15) is 5.60 Å². The highest BCUT2D eigenvalue weighted by Gasteiger charge is 2.28. The van der Waals surface area contributed by atoms with Gasteiger partial charge in [-0.05, 0) is 56.9 Å². The van der Waals surface area contributed by atoms with Gasteiger partial charge in [0.05, 0.1) is 13.1 Å². The van der Waals surface area contributed by atoms with Gasteiger partial charge in [-0.2, -0.15) is 4.98 Å². The maximum atomic E-state index is 13.7. The summed E-state index contributed by atoms with van der Waals surface area (Å²) in [4.78, 5) is 47.3. The van der Waals surface area contributed by atoms with Crippen LogP contribution in [0.25, 0.3) is 11.4 Å². The Labute approximate surface area is 265 Å². The van der Waals surface area contributed by atoms with Crippen LogP contribution in [0.4, 0.5) is 10.5 Å². The Morgan fingerprint density at radius 1 is 1.04 bits per heavy atom. The van der Waals surface area contributed by atoms with Crippen molar-refractivity contribution in [2.24, 2.45) is 0 Å². The monoisotopic (exact) mass is 619 g/mol. The van der Waals surface area contributed by atoms with E-state index in [9.17, 15) is 14.4 Å². The molecule has 3 aromatic rings. The van der Waals surface area contributed by atoms with Gasteiger partial charge in [0.25, 0.3) is 5.91 Å². The van der Waals surface area contributed by atoms with Crippen molar-refractivity contribution < 1.29 is 23.6 Å². The summed E-state index contributed by atoms with van der Waals surface area (Å²) in [6.45, 7) is 13.2. The number of hydrazine groups is 1. The Hall–Kier alpha value is -4.45. The van der Waals surface area contributed by atoms with E-state index in [0.717, 1.165) is 16.8 Å². The lowest BCUT2D eigenvalue weighted by atomic mass is 10.0. The molecule has 0 bridgehead atoms. The number of nitrogens with one attached hydrogen (secondary N) is 1. The van der Waals surface area contributed by atoms with Crippen LogP contribution in [-0.2, 0) is 33.8 Å². The van der Waals surface area contributed by atoms with E-state index in [-0.39, 0.29) is 31.4 Å². The first-order valence-corrected chi connectivity index (χ1v) is 15.4. The molecule has 0 aliphatic carbocycles. The first kappa shape index (κ1) is 33.4. The van der Waals surface area contributed by atoms with Gasteiger partial charge in [-0.25, -0.2) is 9.80 Å². The fraction of sp³-hybridized carbons (Fsp3) is 0.485. The van der Waals surface area contributed by atoms with Crippen molar-refractivity contribution in [2.45, 2.75) is 66.7 Å². The number of likely N-dealkylation sites (N-methyl/N-ethyl adjacent to an activating group) is 2. The van der Waals surface area contributed by atoms with Crippen LogP contribution in [0.2, 0.25) is 0 Å². The average Bonchev–Trinajstić information content (AvgIpc) is 3.63. The summed E-state index contributed by atoms with van der Waals surface area (Å²) < 4.78 is 10.7. The highest BCUT2D eigenvalue weighted by molar-refractivity contribution is 5.87. The van der Waals surface area contributed by atoms with Crippen LogP contribution in [0.5, 0.6) is 0 Å². The van der Waals surface area contributed by atoms with E-state index in [1.165, 1.54) is 11.1 Å². The number of aromatic nitrogens is 2. The minimum absolute atomic E-state index is 0.0303. The van der Waals surface area contributed by atoms with Crippen molar-refractivity contribution in [3.8, 4) is 11.4 Å². The van der Waals surface area contributed by atoms with Crippen molar-refractivity contribution in [2.75, 3.05) is 44.7 Å². The van der Waals surface area contributed by atoms with Crippen molar-refractivity contribution in [3.63, 3.8) is 0 Å².